The Balaban J connectivity index is 2.30. The Morgan fingerprint density at radius 1 is 1.14 bits per heavy atom. The summed E-state index contributed by atoms with van der Waals surface area (Å²) in [7, 11) is -0.840. The van der Waals surface area contributed by atoms with E-state index in [1.54, 1.807) is 25.3 Å². The maximum atomic E-state index is 12.7. The molecular weight excluding hydrogens is 404 g/mol. The van der Waals surface area contributed by atoms with Gasteiger partial charge in [-0.3, -0.25) is 9.10 Å². The molecule has 28 heavy (non-hydrogen) atoms. The molecule has 0 saturated carbocycles. The summed E-state index contributed by atoms with van der Waals surface area (Å²) in [6.07, 6.45) is 1.03. The molecule has 2 aromatic carbocycles. The van der Waals surface area contributed by atoms with Crippen LogP contribution in [-0.2, 0) is 21.4 Å². The molecule has 0 aliphatic carbocycles. The van der Waals surface area contributed by atoms with Crippen LogP contribution in [0.15, 0.2) is 42.5 Å². The maximum Gasteiger partial charge on any atom is 0.243 e. The highest BCUT2D eigenvalue weighted by Crippen LogP contribution is 2.34. The largest absolute Gasteiger partial charge is 0.496 e. The fraction of sp³-hybridized carbons (Fsp3) is 0.316. The van der Waals surface area contributed by atoms with Crippen LogP contribution in [0.25, 0.3) is 0 Å². The van der Waals surface area contributed by atoms with E-state index in [4.69, 9.17) is 21.1 Å². The van der Waals surface area contributed by atoms with Crippen molar-refractivity contribution in [1.82, 2.24) is 5.32 Å². The number of rotatable bonds is 8. The van der Waals surface area contributed by atoms with Gasteiger partial charge in [-0.05, 0) is 31.2 Å². The SMILES string of the molecule is COc1ccccc1CNC(=O)C(C)N(c1cc(Cl)ccc1OC)S(C)(=O)=O. The minimum atomic E-state index is -3.80. The molecular formula is C19H23ClN2O5S. The molecule has 0 spiro atoms. The molecule has 0 bridgehead atoms. The first-order valence-corrected chi connectivity index (χ1v) is 10.6. The van der Waals surface area contributed by atoms with E-state index in [0.717, 1.165) is 16.1 Å². The highest BCUT2D eigenvalue weighted by Gasteiger charge is 2.31. The van der Waals surface area contributed by atoms with Crippen molar-refractivity contribution in [3.8, 4) is 11.5 Å². The lowest BCUT2D eigenvalue weighted by molar-refractivity contribution is -0.122. The maximum absolute atomic E-state index is 12.7. The lowest BCUT2D eigenvalue weighted by atomic mass is 10.2. The summed E-state index contributed by atoms with van der Waals surface area (Å²) in [6.45, 7) is 1.69. The summed E-state index contributed by atoms with van der Waals surface area (Å²) in [4.78, 5) is 12.7. The van der Waals surface area contributed by atoms with Crippen LogP contribution in [0.2, 0.25) is 5.02 Å². The predicted octanol–water partition coefficient (Wildman–Crippen LogP) is 2.83. The van der Waals surface area contributed by atoms with Crippen LogP contribution in [-0.4, -0.2) is 40.8 Å². The van der Waals surface area contributed by atoms with Crippen LogP contribution >= 0.6 is 11.6 Å². The van der Waals surface area contributed by atoms with Gasteiger partial charge in [0, 0.05) is 17.1 Å². The lowest BCUT2D eigenvalue weighted by Gasteiger charge is -2.29. The average Bonchev–Trinajstić information content (AvgIpc) is 2.65. The monoisotopic (exact) mass is 426 g/mol. The van der Waals surface area contributed by atoms with Crippen molar-refractivity contribution in [3.63, 3.8) is 0 Å². The van der Waals surface area contributed by atoms with Gasteiger partial charge in [0.05, 0.1) is 26.2 Å². The molecule has 1 amide bonds. The van der Waals surface area contributed by atoms with E-state index >= 15 is 0 Å². The van der Waals surface area contributed by atoms with Gasteiger partial charge in [0.25, 0.3) is 0 Å². The van der Waals surface area contributed by atoms with Crippen molar-refractivity contribution in [2.45, 2.75) is 19.5 Å². The zero-order valence-electron chi connectivity index (χ0n) is 16.1. The number of benzene rings is 2. The van der Waals surface area contributed by atoms with E-state index in [9.17, 15) is 13.2 Å². The van der Waals surface area contributed by atoms with Crippen molar-refractivity contribution in [3.05, 3.63) is 53.1 Å². The number of hydrogen-bond donors (Lipinski definition) is 1. The van der Waals surface area contributed by atoms with E-state index in [1.807, 2.05) is 18.2 Å². The van der Waals surface area contributed by atoms with Gasteiger partial charge < -0.3 is 14.8 Å². The topological polar surface area (TPSA) is 84.9 Å². The van der Waals surface area contributed by atoms with Gasteiger partial charge in [0.15, 0.2) is 0 Å². The van der Waals surface area contributed by atoms with Crippen LogP contribution in [0, 0.1) is 0 Å². The van der Waals surface area contributed by atoms with Crippen molar-refractivity contribution in [1.29, 1.82) is 0 Å². The molecule has 0 saturated heterocycles. The highest BCUT2D eigenvalue weighted by atomic mass is 35.5. The summed E-state index contributed by atoms with van der Waals surface area (Å²) in [5.74, 6) is 0.449. The Morgan fingerprint density at radius 2 is 1.79 bits per heavy atom. The number of anilines is 1. The van der Waals surface area contributed by atoms with E-state index in [-0.39, 0.29) is 12.2 Å². The number of carbonyl (C=O) groups excluding carboxylic acids is 1. The molecule has 0 heterocycles. The van der Waals surface area contributed by atoms with Crippen LogP contribution in [0.3, 0.4) is 0 Å². The Morgan fingerprint density at radius 3 is 2.39 bits per heavy atom. The number of para-hydroxylation sites is 1. The zero-order chi connectivity index (χ0) is 20.9. The summed E-state index contributed by atoms with van der Waals surface area (Å²) in [5, 5.41) is 3.07. The number of methoxy groups -OCH3 is 2. The Bertz CT molecular complexity index is 949. The van der Waals surface area contributed by atoms with E-state index < -0.39 is 22.0 Å². The molecule has 2 aromatic rings. The molecule has 0 aromatic heterocycles. The minimum absolute atomic E-state index is 0.192. The fourth-order valence-electron chi connectivity index (χ4n) is 2.80. The highest BCUT2D eigenvalue weighted by molar-refractivity contribution is 7.92. The van der Waals surface area contributed by atoms with E-state index in [1.165, 1.54) is 20.1 Å². The normalized spacial score (nSPS) is 12.2. The van der Waals surface area contributed by atoms with Gasteiger partial charge in [-0.25, -0.2) is 8.42 Å². The van der Waals surface area contributed by atoms with Crippen LogP contribution in [0.4, 0.5) is 5.69 Å². The van der Waals surface area contributed by atoms with Crippen molar-refractivity contribution in [2.24, 2.45) is 0 Å². The number of nitrogens with one attached hydrogen (secondary N) is 1. The van der Waals surface area contributed by atoms with Gasteiger partial charge in [-0.2, -0.15) is 0 Å². The fourth-order valence-corrected chi connectivity index (χ4v) is 4.13. The molecule has 0 aliphatic heterocycles. The molecule has 2 rings (SSSR count). The predicted molar refractivity (Wildman–Crippen MR) is 110 cm³/mol. The Kier molecular flexibility index (Phi) is 7.15. The minimum Gasteiger partial charge on any atom is -0.496 e. The van der Waals surface area contributed by atoms with Crippen molar-refractivity contribution in [2.75, 3.05) is 24.8 Å². The van der Waals surface area contributed by atoms with Gasteiger partial charge >= 0.3 is 0 Å². The lowest BCUT2D eigenvalue weighted by Crippen LogP contribution is -2.47. The van der Waals surface area contributed by atoms with Crippen LogP contribution < -0.4 is 19.1 Å². The van der Waals surface area contributed by atoms with Crippen LogP contribution in [0.5, 0.6) is 11.5 Å². The average molecular weight is 427 g/mol. The van der Waals surface area contributed by atoms with Gasteiger partial charge in [-0.15, -0.1) is 0 Å². The number of ether oxygens (including phenoxy) is 2. The first-order chi connectivity index (χ1) is 13.2. The number of carbonyl (C=O) groups is 1. The summed E-state index contributed by atoms with van der Waals surface area (Å²) < 4.78 is 36.4. The molecule has 0 radical (unpaired) electrons. The van der Waals surface area contributed by atoms with E-state index in [2.05, 4.69) is 5.32 Å². The van der Waals surface area contributed by atoms with Crippen molar-refractivity contribution < 1.29 is 22.7 Å². The molecule has 0 aliphatic rings. The van der Waals surface area contributed by atoms with Gasteiger partial charge in [0.1, 0.15) is 17.5 Å². The zero-order valence-corrected chi connectivity index (χ0v) is 17.7. The molecule has 1 N–H and O–H groups in total. The first kappa shape index (κ1) is 21.8. The third kappa shape index (κ3) is 5.08. The summed E-state index contributed by atoms with van der Waals surface area (Å²) >= 11 is 6.04. The standard InChI is InChI=1S/C19H23ClN2O5S/c1-13(19(23)21-12-14-7-5-6-8-17(14)26-2)22(28(4,24)25)16-11-15(20)9-10-18(16)27-3/h5-11,13H,12H2,1-4H3,(H,21,23). The summed E-state index contributed by atoms with van der Waals surface area (Å²) in [5.41, 5.74) is 0.967. The Hall–Kier alpha value is -2.45. The second-order valence-corrected chi connectivity index (χ2v) is 8.38. The molecule has 9 heteroatoms. The van der Waals surface area contributed by atoms with Gasteiger partial charge in [0.2, 0.25) is 15.9 Å². The second kappa shape index (κ2) is 9.16. The third-order valence-corrected chi connectivity index (χ3v) is 5.58. The number of amides is 1. The number of halogens is 1. The Labute approximate surface area is 170 Å². The molecule has 0 fully saturated rings. The molecule has 1 atom stereocenters. The molecule has 7 nitrogen and oxygen atoms in total. The summed E-state index contributed by atoms with van der Waals surface area (Å²) in [6, 6.07) is 10.8. The third-order valence-electron chi connectivity index (χ3n) is 4.11. The van der Waals surface area contributed by atoms with E-state index in [0.29, 0.717) is 16.5 Å². The molecule has 1 unspecified atom stereocenters. The van der Waals surface area contributed by atoms with Gasteiger partial charge in [-0.1, -0.05) is 29.8 Å². The quantitative estimate of drug-likeness (QED) is 0.701. The van der Waals surface area contributed by atoms with Crippen molar-refractivity contribution >= 4 is 33.2 Å². The first-order valence-electron chi connectivity index (χ1n) is 8.41. The number of hydrogen-bond acceptors (Lipinski definition) is 5. The number of nitrogens with zero attached hydrogens (tertiary/aromatic N) is 1. The number of sulfonamides is 1. The van der Waals surface area contributed by atoms with Crippen LogP contribution in [0.1, 0.15) is 12.5 Å². The molecule has 152 valence electrons. The second-order valence-electron chi connectivity index (χ2n) is 6.08. The smallest absolute Gasteiger partial charge is 0.243 e.